The van der Waals surface area contributed by atoms with Gasteiger partial charge in [0.25, 0.3) is 5.91 Å². The average molecular weight is 447 g/mol. The van der Waals surface area contributed by atoms with Gasteiger partial charge >= 0.3 is 0 Å². The molecular weight excluding hydrogens is 424 g/mol. The Bertz CT molecular complexity index is 1050. The number of anilines is 1. The smallest absolute Gasteiger partial charge is 0.288 e. The maximum absolute atomic E-state index is 12.7. The molecule has 2 aliphatic heterocycles. The summed E-state index contributed by atoms with van der Waals surface area (Å²) in [6.45, 7) is 1.65. The van der Waals surface area contributed by atoms with E-state index in [9.17, 15) is 13.2 Å². The van der Waals surface area contributed by atoms with Gasteiger partial charge in [-0.05, 0) is 43.3 Å². The second-order valence-electron chi connectivity index (χ2n) is 7.17. The predicted octanol–water partition coefficient (Wildman–Crippen LogP) is 2.76. The minimum absolute atomic E-state index is 0.0416. The third-order valence-electron chi connectivity index (χ3n) is 5.03. The van der Waals surface area contributed by atoms with Crippen LogP contribution in [-0.2, 0) is 14.6 Å². The van der Waals surface area contributed by atoms with E-state index < -0.39 is 21.8 Å². The Morgan fingerprint density at radius 2 is 1.80 bits per heavy atom. The first-order chi connectivity index (χ1) is 14.4. The molecule has 2 saturated heterocycles. The van der Waals surface area contributed by atoms with Crippen molar-refractivity contribution in [1.29, 1.82) is 0 Å². The number of rotatable bonds is 5. The van der Waals surface area contributed by atoms with Gasteiger partial charge in [-0.2, -0.15) is 4.99 Å². The third-order valence-corrected chi connectivity index (χ3v) is 8.24. The summed E-state index contributed by atoms with van der Waals surface area (Å²) in [5, 5.41) is 0.340. The Kier molecular flexibility index (Phi) is 5.75. The van der Waals surface area contributed by atoms with Crippen LogP contribution in [0, 0.1) is 0 Å². The first kappa shape index (κ1) is 20.7. The highest BCUT2D eigenvalue weighted by Gasteiger charge is 2.49. The van der Waals surface area contributed by atoms with Crippen LogP contribution in [0.5, 0.6) is 11.5 Å². The number of hydrogen-bond donors (Lipinski definition) is 0. The molecule has 2 heterocycles. The standard InChI is InChI=1S/C21H22N2O5S2/c1-14(28-17-6-4-3-5-7-17)20(24)22-21-23(15-8-10-16(27-2)11-9-15)18-12-30(25,26)13-19(18)29-21/h3-11,14,18-19H,12-13H2,1-2H3/t14-,18+,19-/m1/s1. The zero-order valence-corrected chi connectivity index (χ0v) is 18.2. The monoisotopic (exact) mass is 446 g/mol. The van der Waals surface area contributed by atoms with Crippen LogP contribution < -0.4 is 14.4 Å². The fourth-order valence-electron chi connectivity index (χ4n) is 3.55. The van der Waals surface area contributed by atoms with Crippen molar-refractivity contribution in [2.45, 2.75) is 24.3 Å². The summed E-state index contributed by atoms with van der Waals surface area (Å²) in [6.07, 6.45) is -0.762. The highest BCUT2D eigenvalue weighted by molar-refractivity contribution is 8.16. The Hall–Kier alpha value is -2.52. The predicted molar refractivity (Wildman–Crippen MR) is 118 cm³/mol. The average Bonchev–Trinajstić information content (AvgIpc) is 3.19. The largest absolute Gasteiger partial charge is 0.497 e. The molecule has 2 aromatic rings. The number of carbonyl (C=O) groups is 1. The summed E-state index contributed by atoms with van der Waals surface area (Å²) in [7, 11) is -1.54. The van der Waals surface area contributed by atoms with Crippen molar-refractivity contribution in [2.24, 2.45) is 4.99 Å². The first-order valence-corrected chi connectivity index (χ1v) is 12.2. The molecule has 0 spiro atoms. The minimum atomic E-state index is -3.12. The zero-order chi connectivity index (χ0) is 21.3. The second-order valence-corrected chi connectivity index (χ2v) is 10.5. The summed E-state index contributed by atoms with van der Waals surface area (Å²) in [4.78, 5) is 18.9. The zero-order valence-electron chi connectivity index (χ0n) is 16.6. The lowest BCUT2D eigenvalue weighted by molar-refractivity contribution is -0.123. The van der Waals surface area contributed by atoms with E-state index >= 15 is 0 Å². The molecule has 0 N–H and O–H groups in total. The number of benzene rings is 2. The second kappa shape index (κ2) is 8.31. The van der Waals surface area contributed by atoms with Gasteiger partial charge in [0.1, 0.15) is 11.5 Å². The van der Waals surface area contributed by atoms with E-state index in [2.05, 4.69) is 4.99 Å². The van der Waals surface area contributed by atoms with E-state index in [0.29, 0.717) is 16.7 Å². The molecule has 2 fully saturated rings. The van der Waals surface area contributed by atoms with Gasteiger partial charge in [-0.25, -0.2) is 8.42 Å². The van der Waals surface area contributed by atoms with Crippen LogP contribution in [0.2, 0.25) is 0 Å². The highest BCUT2D eigenvalue weighted by Crippen LogP contribution is 2.41. The fraction of sp³-hybridized carbons (Fsp3) is 0.333. The Morgan fingerprint density at radius 1 is 1.10 bits per heavy atom. The van der Waals surface area contributed by atoms with Gasteiger partial charge in [0, 0.05) is 10.9 Å². The molecule has 0 aromatic heterocycles. The molecule has 9 heteroatoms. The van der Waals surface area contributed by atoms with Gasteiger partial charge in [-0.15, -0.1) is 0 Å². The molecule has 158 valence electrons. The summed E-state index contributed by atoms with van der Waals surface area (Å²) in [5.74, 6) is 0.994. The van der Waals surface area contributed by atoms with Gasteiger partial charge in [-0.1, -0.05) is 30.0 Å². The topological polar surface area (TPSA) is 85.3 Å². The molecule has 30 heavy (non-hydrogen) atoms. The molecular formula is C21H22N2O5S2. The number of nitrogens with zero attached hydrogens (tertiary/aromatic N) is 2. The molecule has 7 nitrogen and oxygen atoms in total. The van der Waals surface area contributed by atoms with Gasteiger partial charge < -0.3 is 14.4 Å². The summed E-state index contributed by atoms with van der Waals surface area (Å²) in [6, 6.07) is 16.1. The number of sulfone groups is 1. The van der Waals surface area contributed by atoms with E-state index in [0.717, 1.165) is 5.69 Å². The number of methoxy groups -OCH3 is 1. The number of amides is 1. The van der Waals surface area contributed by atoms with Crippen molar-refractivity contribution in [3.05, 3.63) is 54.6 Å². The SMILES string of the molecule is COc1ccc(N2C(=NC(=O)[C@@H](C)Oc3ccccc3)S[C@@H]3CS(=O)(=O)C[C@@H]32)cc1. The van der Waals surface area contributed by atoms with Crippen molar-refractivity contribution in [2.75, 3.05) is 23.5 Å². The van der Waals surface area contributed by atoms with Gasteiger partial charge in [0.05, 0.1) is 24.7 Å². The van der Waals surface area contributed by atoms with Gasteiger partial charge in [0.15, 0.2) is 21.1 Å². The number of amidine groups is 1. The van der Waals surface area contributed by atoms with Crippen molar-refractivity contribution in [3.8, 4) is 11.5 Å². The summed E-state index contributed by atoms with van der Waals surface area (Å²) >= 11 is 1.34. The maximum atomic E-state index is 12.7. The fourth-order valence-corrected chi connectivity index (χ4v) is 7.47. The Labute approximate surface area is 180 Å². The number of aliphatic imine (C=N–C) groups is 1. The summed E-state index contributed by atoms with van der Waals surface area (Å²) < 4.78 is 35.2. The van der Waals surface area contributed by atoms with E-state index in [4.69, 9.17) is 9.47 Å². The van der Waals surface area contributed by atoms with Crippen molar-refractivity contribution < 1.29 is 22.7 Å². The molecule has 0 unspecified atom stereocenters. The molecule has 0 radical (unpaired) electrons. The molecule has 0 bridgehead atoms. The van der Waals surface area contributed by atoms with Crippen LogP contribution in [0.3, 0.4) is 0 Å². The van der Waals surface area contributed by atoms with Gasteiger partial charge in [0.2, 0.25) is 0 Å². The van der Waals surface area contributed by atoms with Crippen LogP contribution in [-0.4, -0.2) is 55.5 Å². The Balaban J connectivity index is 1.60. The van der Waals surface area contributed by atoms with Crippen molar-refractivity contribution in [1.82, 2.24) is 0 Å². The van der Waals surface area contributed by atoms with Crippen LogP contribution in [0.15, 0.2) is 59.6 Å². The number of ether oxygens (including phenoxy) is 2. The molecule has 2 aliphatic rings. The lowest BCUT2D eigenvalue weighted by atomic mass is 10.2. The highest BCUT2D eigenvalue weighted by atomic mass is 32.2. The number of hydrogen-bond acceptors (Lipinski definition) is 6. The maximum Gasteiger partial charge on any atom is 0.288 e. The van der Waals surface area contributed by atoms with E-state index in [1.165, 1.54) is 11.8 Å². The molecule has 0 saturated carbocycles. The van der Waals surface area contributed by atoms with Gasteiger partial charge in [-0.3, -0.25) is 4.79 Å². The number of fused-ring (bicyclic) bond motifs is 1. The quantitative estimate of drug-likeness (QED) is 0.698. The number of thioether (sulfide) groups is 1. The van der Waals surface area contributed by atoms with Crippen molar-refractivity contribution in [3.63, 3.8) is 0 Å². The van der Waals surface area contributed by atoms with E-state index in [1.54, 1.807) is 38.3 Å². The number of carbonyl (C=O) groups excluding carboxylic acids is 1. The Morgan fingerprint density at radius 3 is 2.47 bits per heavy atom. The lowest BCUT2D eigenvalue weighted by Gasteiger charge is -2.24. The third kappa shape index (κ3) is 4.32. The van der Waals surface area contributed by atoms with Crippen LogP contribution in [0.1, 0.15) is 6.92 Å². The number of para-hydroxylation sites is 1. The molecule has 3 atom stereocenters. The molecule has 2 aromatic carbocycles. The van der Waals surface area contributed by atoms with Crippen LogP contribution in [0.25, 0.3) is 0 Å². The first-order valence-electron chi connectivity index (χ1n) is 9.51. The lowest BCUT2D eigenvalue weighted by Crippen LogP contribution is -2.38. The normalized spacial score (nSPS) is 24.5. The van der Waals surface area contributed by atoms with Crippen molar-refractivity contribution >= 4 is 38.4 Å². The summed E-state index contributed by atoms with van der Waals surface area (Å²) in [5.41, 5.74) is 0.774. The van der Waals surface area contributed by atoms with E-state index in [-0.39, 0.29) is 22.8 Å². The molecule has 1 amide bonds. The van der Waals surface area contributed by atoms with Crippen LogP contribution >= 0.6 is 11.8 Å². The van der Waals surface area contributed by atoms with E-state index in [1.807, 2.05) is 35.2 Å². The minimum Gasteiger partial charge on any atom is -0.497 e. The van der Waals surface area contributed by atoms with Crippen LogP contribution in [0.4, 0.5) is 5.69 Å². The molecule has 4 rings (SSSR count). The molecule has 0 aliphatic carbocycles.